The lowest BCUT2D eigenvalue weighted by Gasteiger charge is -2.25. The van der Waals surface area contributed by atoms with Gasteiger partial charge in [0.25, 0.3) is 0 Å². The molecular weight excluding hydrogens is 292 g/mol. The summed E-state index contributed by atoms with van der Waals surface area (Å²) in [5.41, 5.74) is 1.73. The van der Waals surface area contributed by atoms with Crippen molar-refractivity contribution in [2.45, 2.75) is 39.5 Å². The molecule has 1 aliphatic rings. The molecule has 0 aliphatic carbocycles. The summed E-state index contributed by atoms with van der Waals surface area (Å²) in [6, 6.07) is 5.65. The van der Waals surface area contributed by atoms with Crippen LogP contribution in [0.15, 0.2) is 18.2 Å². The van der Waals surface area contributed by atoms with E-state index in [9.17, 15) is 4.79 Å². The third-order valence-corrected chi connectivity index (χ3v) is 4.00. The fourth-order valence-corrected chi connectivity index (χ4v) is 2.68. The van der Waals surface area contributed by atoms with Gasteiger partial charge in [-0.25, -0.2) is 4.79 Å². The average Bonchev–Trinajstić information content (AvgIpc) is 2.56. The van der Waals surface area contributed by atoms with Gasteiger partial charge in [-0.2, -0.15) is 0 Å². The lowest BCUT2D eigenvalue weighted by molar-refractivity contribution is 0.131. The van der Waals surface area contributed by atoms with E-state index in [0.29, 0.717) is 13.2 Å². The first-order valence-corrected chi connectivity index (χ1v) is 8.58. The number of hydrogen-bond acceptors (Lipinski definition) is 4. The second-order valence-corrected chi connectivity index (χ2v) is 5.99. The average molecular weight is 320 g/mol. The van der Waals surface area contributed by atoms with Crippen molar-refractivity contribution in [3.05, 3.63) is 23.8 Å². The number of anilines is 1. The van der Waals surface area contributed by atoms with Crippen molar-refractivity contribution < 1.29 is 14.3 Å². The number of benzene rings is 1. The Bertz CT molecular complexity index is 499. The number of piperidine rings is 1. The van der Waals surface area contributed by atoms with Gasteiger partial charge >= 0.3 is 6.09 Å². The van der Waals surface area contributed by atoms with E-state index in [0.717, 1.165) is 43.1 Å². The van der Waals surface area contributed by atoms with Crippen LogP contribution in [0.2, 0.25) is 0 Å². The molecule has 1 N–H and O–H groups in total. The molecule has 1 aromatic carbocycles. The van der Waals surface area contributed by atoms with Crippen molar-refractivity contribution in [1.82, 2.24) is 4.90 Å². The summed E-state index contributed by atoms with van der Waals surface area (Å²) in [6.07, 6.45) is 4.39. The summed E-state index contributed by atoms with van der Waals surface area (Å²) in [7, 11) is 0. The number of rotatable bonds is 7. The number of nitrogens with zero attached hydrogens (tertiary/aromatic N) is 1. The molecule has 0 saturated carbocycles. The monoisotopic (exact) mass is 320 g/mol. The van der Waals surface area contributed by atoms with Gasteiger partial charge in [0.15, 0.2) is 0 Å². The third kappa shape index (κ3) is 6.10. The van der Waals surface area contributed by atoms with E-state index in [1.165, 1.54) is 19.3 Å². The number of hydrogen-bond donors (Lipinski definition) is 1. The molecule has 1 amide bonds. The first-order chi connectivity index (χ1) is 11.2. The molecule has 23 heavy (non-hydrogen) atoms. The highest BCUT2D eigenvalue weighted by Crippen LogP contribution is 2.21. The summed E-state index contributed by atoms with van der Waals surface area (Å²) in [4.78, 5) is 14.2. The quantitative estimate of drug-likeness (QED) is 0.830. The van der Waals surface area contributed by atoms with Gasteiger partial charge in [-0.05, 0) is 63.0 Å². The maximum Gasteiger partial charge on any atom is 0.411 e. The Morgan fingerprint density at radius 2 is 2.00 bits per heavy atom. The molecule has 1 heterocycles. The molecular formula is C18H28N2O3. The molecule has 5 nitrogen and oxygen atoms in total. The molecule has 0 spiro atoms. The molecule has 0 radical (unpaired) electrons. The van der Waals surface area contributed by atoms with Crippen LogP contribution in [-0.2, 0) is 4.74 Å². The second kappa shape index (κ2) is 9.40. The molecule has 5 heteroatoms. The van der Waals surface area contributed by atoms with Gasteiger partial charge in [0.05, 0.1) is 6.61 Å². The van der Waals surface area contributed by atoms with Gasteiger partial charge in [0, 0.05) is 12.2 Å². The number of aryl methyl sites for hydroxylation is 1. The van der Waals surface area contributed by atoms with Crippen LogP contribution in [0.3, 0.4) is 0 Å². The third-order valence-electron chi connectivity index (χ3n) is 4.00. The van der Waals surface area contributed by atoms with E-state index in [1.807, 2.05) is 25.1 Å². The second-order valence-electron chi connectivity index (χ2n) is 5.99. The predicted octanol–water partition coefficient (Wildman–Crippen LogP) is 3.82. The van der Waals surface area contributed by atoms with Gasteiger partial charge in [0.1, 0.15) is 12.4 Å². The number of nitrogens with one attached hydrogen (secondary N) is 1. The molecule has 128 valence electrons. The molecule has 2 rings (SSSR count). The number of carbonyl (C=O) groups is 1. The topological polar surface area (TPSA) is 50.8 Å². The Morgan fingerprint density at radius 1 is 1.22 bits per heavy atom. The minimum atomic E-state index is -0.396. The molecule has 0 unspecified atom stereocenters. The minimum absolute atomic E-state index is 0.396. The van der Waals surface area contributed by atoms with E-state index < -0.39 is 6.09 Å². The zero-order valence-electron chi connectivity index (χ0n) is 14.3. The number of amides is 1. The van der Waals surface area contributed by atoms with E-state index >= 15 is 0 Å². The number of ether oxygens (including phenoxy) is 2. The van der Waals surface area contributed by atoms with E-state index in [2.05, 4.69) is 17.1 Å². The van der Waals surface area contributed by atoms with Crippen LogP contribution in [0.4, 0.5) is 10.5 Å². The highest BCUT2D eigenvalue weighted by molar-refractivity contribution is 5.85. The normalized spacial score (nSPS) is 15.2. The van der Waals surface area contributed by atoms with Crippen LogP contribution < -0.4 is 10.1 Å². The summed E-state index contributed by atoms with van der Waals surface area (Å²) < 4.78 is 10.9. The van der Waals surface area contributed by atoms with Crippen LogP contribution in [0.1, 0.15) is 38.2 Å². The Morgan fingerprint density at radius 3 is 2.70 bits per heavy atom. The van der Waals surface area contributed by atoms with Crippen LogP contribution in [0.25, 0.3) is 0 Å². The Balaban J connectivity index is 1.73. The highest BCUT2D eigenvalue weighted by Gasteiger charge is 2.11. The molecule has 1 aliphatic heterocycles. The van der Waals surface area contributed by atoms with Crippen molar-refractivity contribution in [1.29, 1.82) is 0 Å². The SMILES string of the molecule is CCCOc1ccc(NC(=O)OCCN2CCCCC2)c(C)c1. The van der Waals surface area contributed by atoms with Crippen LogP contribution in [0.5, 0.6) is 5.75 Å². The van der Waals surface area contributed by atoms with Crippen molar-refractivity contribution >= 4 is 11.8 Å². The molecule has 0 bridgehead atoms. The van der Waals surface area contributed by atoms with E-state index in [1.54, 1.807) is 0 Å². The van der Waals surface area contributed by atoms with Gasteiger partial charge in [0.2, 0.25) is 0 Å². The number of carbonyl (C=O) groups excluding carboxylic acids is 1. The maximum absolute atomic E-state index is 11.9. The Hall–Kier alpha value is -1.75. The van der Waals surface area contributed by atoms with Crippen molar-refractivity contribution in [2.75, 3.05) is 38.2 Å². The first kappa shape index (κ1) is 17.6. The van der Waals surface area contributed by atoms with Gasteiger partial charge in [-0.1, -0.05) is 13.3 Å². The van der Waals surface area contributed by atoms with Crippen LogP contribution in [-0.4, -0.2) is 43.8 Å². The predicted molar refractivity (Wildman–Crippen MR) is 92.2 cm³/mol. The fraction of sp³-hybridized carbons (Fsp3) is 0.611. The van der Waals surface area contributed by atoms with Crippen molar-refractivity contribution in [3.8, 4) is 5.75 Å². The molecule has 0 atom stereocenters. The smallest absolute Gasteiger partial charge is 0.411 e. The minimum Gasteiger partial charge on any atom is -0.494 e. The zero-order valence-corrected chi connectivity index (χ0v) is 14.3. The summed E-state index contributed by atoms with van der Waals surface area (Å²) in [5.74, 6) is 0.827. The largest absolute Gasteiger partial charge is 0.494 e. The van der Waals surface area contributed by atoms with Crippen LogP contribution in [0, 0.1) is 6.92 Å². The summed E-state index contributed by atoms with van der Waals surface area (Å²) in [5, 5.41) is 2.80. The summed E-state index contributed by atoms with van der Waals surface area (Å²) in [6.45, 7) is 8.20. The van der Waals surface area contributed by atoms with Crippen LogP contribution >= 0.6 is 0 Å². The molecule has 1 fully saturated rings. The Kier molecular flexibility index (Phi) is 7.20. The molecule has 0 aromatic heterocycles. The van der Waals surface area contributed by atoms with Crippen molar-refractivity contribution in [3.63, 3.8) is 0 Å². The first-order valence-electron chi connectivity index (χ1n) is 8.58. The van der Waals surface area contributed by atoms with E-state index in [4.69, 9.17) is 9.47 Å². The zero-order chi connectivity index (χ0) is 16.5. The lowest BCUT2D eigenvalue weighted by Crippen LogP contribution is -2.33. The Labute approximate surface area is 139 Å². The summed E-state index contributed by atoms with van der Waals surface area (Å²) >= 11 is 0. The lowest BCUT2D eigenvalue weighted by atomic mass is 10.1. The number of likely N-dealkylation sites (tertiary alicyclic amines) is 1. The fourth-order valence-electron chi connectivity index (χ4n) is 2.68. The van der Waals surface area contributed by atoms with Crippen molar-refractivity contribution in [2.24, 2.45) is 0 Å². The molecule has 1 saturated heterocycles. The van der Waals surface area contributed by atoms with Gasteiger partial charge < -0.3 is 9.47 Å². The molecule has 1 aromatic rings. The maximum atomic E-state index is 11.9. The van der Waals surface area contributed by atoms with Gasteiger partial charge in [-0.15, -0.1) is 0 Å². The highest BCUT2D eigenvalue weighted by atomic mass is 16.5. The van der Waals surface area contributed by atoms with E-state index in [-0.39, 0.29) is 0 Å². The van der Waals surface area contributed by atoms with Gasteiger partial charge in [-0.3, -0.25) is 10.2 Å². The standard InChI is InChI=1S/C18H28N2O3/c1-3-12-22-16-7-8-17(15(2)14-16)19-18(21)23-13-11-20-9-5-4-6-10-20/h7-8,14H,3-6,9-13H2,1-2H3,(H,19,21).